The van der Waals surface area contributed by atoms with Crippen molar-refractivity contribution in [2.75, 3.05) is 28.8 Å². The van der Waals surface area contributed by atoms with Gasteiger partial charge < -0.3 is 16.0 Å². The number of nitrogens with two attached hydrogens (primary N) is 1. The molecule has 5 rings (SSSR count). The summed E-state index contributed by atoms with van der Waals surface area (Å²) in [6.45, 7) is 1.57. The van der Waals surface area contributed by atoms with Crippen LogP contribution < -0.4 is 16.0 Å². The number of anilines is 3. The molecule has 158 valence electrons. The minimum Gasteiger partial charge on any atom is -0.368 e. The maximum atomic E-state index is 11.7. The third kappa shape index (κ3) is 3.96. The average molecular weight is 434 g/mol. The Labute approximate surface area is 182 Å². The molecule has 4 N–H and O–H groups in total. The Morgan fingerprint density at radius 3 is 2.81 bits per heavy atom. The largest absolute Gasteiger partial charge is 0.368 e. The lowest BCUT2D eigenvalue weighted by Gasteiger charge is -2.37. The highest BCUT2D eigenvalue weighted by Crippen LogP contribution is 2.30. The summed E-state index contributed by atoms with van der Waals surface area (Å²) in [6.07, 6.45) is 4.29. The molecule has 2 atom stereocenters. The highest BCUT2D eigenvalue weighted by atomic mass is 32.2. The van der Waals surface area contributed by atoms with E-state index in [9.17, 15) is 4.21 Å². The molecule has 0 saturated heterocycles. The predicted octanol–water partition coefficient (Wildman–Crippen LogP) is 2.72. The van der Waals surface area contributed by atoms with Crippen molar-refractivity contribution in [3.05, 3.63) is 65.9 Å². The maximum absolute atomic E-state index is 11.7. The van der Waals surface area contributed by atoms with E-state index in [2.05, 4.69) is 66.8 Å². The highest BCUT2D eigenvalue weighted by Gasteiger charge is 2.25. The van der Waals surface area contributed by atoms with E-state index in [1.54, 1.807) is 12.5 Å². The van der Waals surface area contributed by atoms with Gasteiger partial charge in [0.25, 0.3) is 0 Å². The van der Waals surface area contributed by atoms with Crippen molar-refractivity contribution in [3.63, 3.8) is 0 Å². The molecule has 2 aromatic carbocycles. The molecule has 0 aliphatic carbocycles. The Morgan fingerprint density at radius 2 is 2.00 bits per heavy atom. The van der Waals surface area contributed by atoms with Gasteiger partial charge in [-0.25, -0.2) is 0 Å². The fourth-order valence-corrected chi connectivity index (χ4v) is 4.61. The second kappa shape index (κ2) is 7.99. The fraction of sp³-hybridized carbons (Fsp3) is 0.227. The van der Waals surface area contributed by atoms with Gasteiger partial charge in [0.15, 0.2) is 5.65 Å². The third-order valence-electron chi connectivity index (χ3n) is 5.54. The Kier molecular flexibility index (Phi) is 5.03. The van der Waals surface area contributed by atoms with Crippen LogP contribution in [0.5, 0.6) is 0 Å². The number of nitrogens with one attached hydrogen (secondary N) is 2. The Bertz CT molecular complexity index is 1250. The summed E-state index contributed by atoms with van der Waals surface area (Å²) in [6, 6.07) is 16.6. The quantitative estimate of drug-likeness (QED) is 0.443. The zero-order chi connectivity index (χ0) is 21.4. The first-order valence-electron chi connectivity index (χ1n) is 10.0. The van der Waals surface area contributed by atoms with E-state index in [-0.39, 0.29) is 12.0 Å². The number of fused-ring (bicyclic) bond motifs is 2. The number of nitrogens with zero attached hydrogens (tertiary/aromatic N) is 4. The van der Waals surface area contributed by atoms with Crippen molar-refractivity contribution >= 4 is 39.3 Å². The van der Waals surface area contributed by atoms with Crippen LogP contribution in [0.4, 0.5) is 17.5 Å². The molecular weight excluding hydrogens is 410 g/mol. The van der Waals surface area contributed by atoms with Crippen molar-refractivity contribution in [2.45, 2.75) is 23.9 Å². The number of hydrogen-bond acceptors (Lipinski definition) is 7. The average Bonchev–Trinajstić information content (AvgIpc) is 3.23. The molecule has 0 spiro atoms. The summed E-state index contributed by atoms with van der Waals surface area (Å²) in [4.78, 5) is 11.8. The van der Waals surface area contributed by atoms with E-state index >= 15 is 0 Å². The molecule has 1 aliphatic heterocycles. The van der Waals surface area contributed by atoms with Crippen molar-refractivity contribution in [1.29, 1.82) is 0 Å². The number of benzene rings is 2. The summed E-state index contributed by atoms with van der Waals surface area (Å²) in [5.74, 6) is 0.899. The van der Waals surface area contributed by atoms with Crippen LogP contribution in [0.3, 0.4) is 0 Å². The fourth-order valence-electron chi connectivity index (χ4n) is 4.10. The van der Waals surface area contributed by atoms with Crippen LogP contribution in [-0.4, -0.2) is 43.2 Å². The number of nitrogen functional groups attached to an aromatic ring is 1. The van der Waals surface area contributed by atoms with Crippen LogP contribution >= 0.6 is 0 Å². The molecule has 2 unspecified atom stereocenters. The van der Waals surface area contributed by atoms with Gasteiger partial charge in [-0.3, -0.25) is 9.31 Å². The Hall–Kier alpha value is -3.46. The standard InChI is InChI=1S/C22H23N7OS/c1-31(30)17-8-6-14(7-9-17)12-29-13-16(10-15-4-2-3-5-19(15)29)25-20-18-11-24-28-21(18)27-22(23)26-20/h2-9,11,16H,10,12-13H2,1H3,(H4,23,24,25,26,27,28). The van der Waals surface area contributed by atoms with Gasteiger partial charge in [0, 0.05) is 46.8 Å². The van der Waals surface area contributed by atoms with Crippen molar-refractivity contribution in [1.82, 2.24) is 20.2 Å². The van der Waals surface area contributed by atoms with Crippen LogP contribution in [0.2, 0.25) is 0 Å². The van der Waals surface area contributed by atoms with Gasteiger partial charge in [0.05, 0.1) is 11.6 Å². The summed E-state index contributed by atoms with van der Waals surface area (Å²) in [5.41, 5.74) is 10.2. The van der Waals surface area contributed by atoms with Gasteiger partial charge in [0.1, 0.15) is 5.82 Å². The lowest BCUT2D eigenvalue weighted by molar-refractivity contribution is 0.628. The zero-order valence-electron chi connectivity index (χ0n) is 17.1. The molecule has 9 heteroatoms. The molecule has 2 aromatic heterocycles. The monoisotopic (exact) mass is 433 g/mol. The second-order valence-corrected chi connectivity index (χ2v) is 9.10. The minimum atomic E-state index is -0.972. The number of aromatic amines is 1. The van der Waals surface area contributed by atoms with Gasteiger partial charge in [-0.1, -0.05) is 30.3 Å². The first kappa shape index (κ1) is 19.5. The first-order chi connectivity index (χ1) is 15.1. The second-order valence-electron chi connectivity index (χ2n) is 7.72. The van der Waals surface area contributed by atoms with Crippen LogP contribution in [0.15, 0.2) is 59.6 Å². The molecule has 0 amide bonds. The van der Waals surface area contributed by atoms with E-state index < -0.39 is 10.8 Å². The van der Waals surface area contributed by atoms with Crippen LogP contribution in [0.1, 0.15) is 11.1 Å². The van der Waals surface area contributed by atoms with E-state index in [4.69, 9.17) is 5.73 Å². The van der Waals surface area contributed by atoms with Crippen LogP contribution in [0.25, 0.3) is 11.0 Å². The molecule has 0 saturated carbocycles. The van der Waals surface area contributed by atoms with Crippen molar-refractivity contribution < 1.29 is 4.21 Å². The lowest BCUT2D eigenvalue weighted by Crippen LogP contribution is -2.42. The Balaban J connectivity index is 1.42. The zero-order valence-corrected chi connectivity index (χ0v) is 17.9. The molecule has 0 radical (unpaired) electrons. The van der Waals surface area contributed by atoms with Gasteiger partial charge in [0.2, 0.25) is 5.95 Å². The van der Waals surface area contributed by atoms with E-state index in [1.807, 2.05) is 12.1 Å². The van der Waals surface area contributed by atoms with Crippen molar-refractivity contribution in [2.24, 2.45) is 0 Å². The maximum Gasteiger partial charge on any atom is 0.224 e. The first-order valence-corrected chi connectivity index (χ1v) is 11.6. The highest BCUT2D eigenvalue weighted by molar-refractivity contribution is 7.84. The lowest BCUT2D eigenvalue weighted by atomic mass is 9.97. The molecule has 1 aliphatic rings. The number of H-pyrrole nitrogens is 1. The SMILES string of the molecule is CS(=O)c1ccc(CN2CC(Nc3nc(N)nc4[nH]ncc34)Cc3ccccc32)cc1. The molecule has 0 bridgehead atoms. The van der Waals surface area contributed by atoms with Gasteiger partial charge in [-0.05, 0) is 35.7 Å². The normalized spacial score (nSPS) is 16.8. The Morgan fingerprint density at radius 1 is 1.19 bits per heavy atom. The molecule has 31 heavy (non-hydrogen) atoms. The van der Waals surface area contributed by atoms with E-state index in [1.165, 1.54) is 16.8 Å². The van der Waals surface area contributed by atoms with Crippen molar-refractivity contribution in [3.8, 4) is 0 Å². The summed E-state index contributed by atoms with van der Waals surface area (Å²) >= 11 is 0. The predicted molar refractivity (Wildman–Crippen MR) is 123 cm³/mol. The van der Waals surface area contributed by atoms with Crippen LogP contribution in [0, 0.1) is 0 Å². The molecular formula is C22H23N7OS. The number of aromatic nitrogens is 4. The topological polar surface area (TPSA) is 113 Å². The van der Waals surface area contributed by atoms with Crippen LogP contribution in [-0.2, 0) is 23.8 Å². The number of para-hydroxylation sites is 1. The summed E-state index contributed by atoms with van der Waals surface area (Å²) in [7, 11) is -0.972. The number of hydrogen-bond donors (Lipinski definition) is 3. The smallest absolute Gasteiger partial charge is 0.224 e. The summed E-state index contributed by atoms with van der Waals surface area (Å²) in [5, 5.41) is 11.3. The summed E-state index contributed by atoms with van der Waals surface area (Å²) < 4.78 is 11.7. The molecule has 8 nitrogen and oxygen atoms in total. The van der Waals surface area contributed by atoms with Gasteiger partial charge >= 0.3 is 0 Å². The van der Waals surface area contributed by atoms with E-state index in [0.29, 0.717) is 11.5 Å². The molecule has 0 fully saturated rings. The van der Waals surface area contributed by atoms with Gasteiger partial charge in [-0.15, -0.1) is 0 Å². The minimum absolute atomic E-state index is 0.143. The molecule has 3 heterocycles. The third-order valence-corrected chi connectivity index (χ3v) is 6.47. The number of rotatable bonds is 5. The van der Waals surface area contributed by atoms with Gasteiger partial charge in [-0.2, -0.15) is 15.1 Å². The van der Waals surface area contributed by atoms with E-state index in [0.717, 1.165) is 29.8 Å². The molecule has 4 aromatic rings.